The van der Waals surface area contributed by atoms with Gasteiger partial charge in [0.1, 0.15) is 0 Å². The molecule has 5 nitrogen and oxygen atoms in total. The minimum absolute atomic E-state index is 0.0565. The molecule has 31 heavy (non-hydrogen) atoms. The van der Waals surface area contributed by atoms with Gasteiger partial charge < -0.3 is 10.2 Å². The van der Waals surface area contributed by atoms with E-state index in [1.54, 1.807) is 0 Å². The van der Waals surface area contributed by atoms with E-state index in [0.717, 1.165) is 58.3 Å². The molecule has 0 unspecified atom stereocenters. The Labute approximate surface area is 187 Å². The molecule has 2 atom stereocenters. The number of fused-ring (bicyclic) bond motifs is 1. The molecule has 3 aliphatic rings. The van der Waals surface area contributed by atoms with Gasteiger partial charge in [0.15, 0.2) is 0 Å². The maximum Gasteiger partial charge on any atom is 0.238 e. The molecule has 1 N–H and O–H groups in total. The van der Waals surface area contributed by atoms with Gasteiger partial charge in [-0.25, -0.2) is 0 Å². The van der Waals surface area contributed by atoms with Gasteiger partial charge >= 0.3 is 0 Å². The van der Waals surface area contributed by atoms with Crippen LogP contribution in [0.5, 0.6) is 0 Å². The van der Waals surface area contributed by atoms with Crippen LogP contribution in [0.3, 0.4) is 0 Å². The third-order valence-electron chi connectivity index (χ3n) is 7.44. The second-order valence-electron chi connectivity index (χ2n) is 10.2. The van der Waals surface area contributed by atoms with E-state index in [9.17, 15) is 9.59 Å². The Kier molecular flexibility index (Phi) is 7.31. The van der Waals surface area contributed by atoms with Crippen molar-refractivity contribution in [3.63, 3.8) is 0 Å². The molecule has 4 rings (SSSR count). The topological polar surface area (TPSA) is 52.7 Å². The van der Waals surface area contributed by atoms with Crippen LogP contribution in [-0.2, 0) is 16.0 Å². The van der Waals surface area contributed by atoms with Crippen LogP contribution in [0, 0.1) is 11.8 Å². The number of amides is 2. The molecule has 170 valence electrons. The third-order valence-corrected chi connectivity index (χ3v) is 7.44. The molecule has 1 aromatic rings. The van der Waals surface area contributed by atoms with Crippen LogP contribution in [-0.4, -0.2) is 53.8 Å². The Morgan fingerprint density at radius 3 is 2.42 bits per heavy atom. The number of rotatable bonds is 6. The molecular formula is C26H39N3O2. The van der Waals surface area contributed by atoms with Crippen molar-refractivity contribution in [2.24, 2.45) is 11.8 Å². The third kappa shape index (κ3) is 5.31. The highest BCUT2D eigenvalue weighted by atomic mass is 16.2. The number of piperazine rings is 1. The first kappa shape index (κ1) is 22.3. The Bertz CT molecular complexity index is 764. The minimum Gasteiger partial charge on any atom is -0.348 e. The summed E-state index contributed by atoms with van der Waals surface area (Å²) in [6, 6.07) is 8.66. The van der Waals surface area contributed by atoms with Crippen LogP contribution in [0.15, 0.2) is 24.3 Å². The highest BCUT2D eigenvalue weighted by Gasteiger charge is 2.38. The van der Waals surface area contributed by atoms with Crippen molar-refractivity contribution in [2.45, 2.75) is 77.3 Å². The molecule has 1 aliphatic heterocycles. The van der Waals surface area contributed by atoms with Crippen molar-refractivity contribution in [1.29, 1.82) is 0 Å². The number of carbonyl (C=O) groups is 2. The van der Waals surface area contributed by atoms with Crippen LogP contribution < -0.4 is 5.32 Å². The molecule has 1 saturated heterocycles. The molecule has 0 radical (unpaired) electrons. The highest BCUT2D eigenvalue weighted by Crippen LogP contribution is 2.33. The minimum atomic E-state index is -0.0565. The molecule has 1 heterocycles. The predicted octanol–water partition coefficient (Wildman–Crippen LogP) is 3.93. The quantitative estimate of drug-likeness (QED) is 0.751. The largest absolute Gasteiger partial charge is 0.348 e. The Morgan fingerprint density at radius 1 is 1.00 bits per heavy atom. The lowest BCUT2D eigenvalue weighted by Crippen LogP contribution is -2.58. The Balaban J connectivity index is 1.43. The Hall–Kier alpha value is -1.88. The number of benzene rings is 1. The van der Waals surface area contributed by atoms with Crippen LogP contribution in [0.1, 0.15) is 76.0 Å². The maximum absolute atomic E-state index is 13.6. The van der Waals surface area contributed by atoms with Crippen LogP contribution in [0.4, 0.5) is 0 Å². The zero-order valence-electron chi connectivity index (χ0n) is 19.3. The fourth-order valence-corrected chi connectivity index (χ4v) is 5.84. The molecule has 1 saturated carbocycles. The molecule has 2 fully saturated rings. The number of nitrogens with one attached hydrogen (secondary N) is 1. The van der Waals surface area contributed by atoms with E-state index in [1.165, 1.54) is 24.0 Å². The first-order valence-electron chi connectivity index (χ1n) is 12.4. The first-order chi connectivity index (χ1) is 15.0. The van der Waals surface area contributed by atoms with Gasteiger partial charge in [-0.1, -0.05) is 51.0 Å². The normalized spacial score (nSPS) is 23.6. The zero-order valence-corrected chi connectivity index (χ0v) is 19.3. The second kappa shape index (κ2) is 10.2. The van der Waals surface area contributed by atoms with E-state index in [2.05, 4.69) is 48.3 Å². The average Bonchev–Trinajstić information content (AvgIpc) is 3.28. The summed E-state index contributed by atoms with van der Waals surface area (Å²) in [6.07, 6.45) is 8.64. The summed E-state index contributed by atoms with van der Waals surface area (Å²) in [5.41, 5.74) is 2.69. The first-order valence-corrected chi connectivity index (χ1v) is 12.4. The molecule has 0 bridgehead atoms. The molecule has 2 aliphatic carbocycles. The smallest absolute Gasteiger partial charge is 0.238 e. The predicted molar refractivity (Wildman–Crippen MR) is 124 cm³/mol. The van der Waals surface area contributed by atoms with E-state index >= 15 is 0 Å². The van der Waals surface area contributed by atoms with Gasteiger partial charge in [-0.05, 0) is 55.1 Å². The number of hydrogen-bond acceptors (Lipinski definition) is 3. The lowest BCUT2D eigenvalue weighted by molar-refractivity contribution is -0.136. The lowest BCUT2D eigenvalue weighted by Gasteiger charge is -2.41. The van der Waals surface area contributed by atoms with Gasteiger partial charge in [0, 0.05) is 32.6 Å². The standard InChI is InChI=1S/C26H39N3O2/c1-19(2)18-24(30)28-14-16-29(17-15-28)25(21-9-3-4-10-21)26(31)27-23-13-7-11-20-8-5-6-12-22(20)23/h5-6,8,12,19,21,23,25H,3-4,7,9-11,13-18H2,1-2H3,(H,27,31)/t23-,25-/m1/s1. The molecule has 2 amide bonds. The van der Waals surface area contributed by atoms with Crippen molar-refractivity contribution in [2.75, 3.05) is 26.2 Å². The average molecular weight is 426 g/mol. The maximum atomic E-state index is 13.6. The van der Waals surface area contributed by atoms with Crippen LogP contribution in [0.25, 0.3) is 0 Å². The SMILES string of the molecule is CC(C)CC(=O)N1CCN([C@@H](C(=O)N[C@@H]2CCCc3ccccc32)C2CCCC2)CC1. The fraction of sp³-hybridized carbons (Fsp3) is 0.692. The van der Waals surface area contributed by atoms with Crippen molar-refractivity contribution in [1.82, 2.24) is 15.1 Å². The summed E-state index contributed by atoms with van der Waals surface area (Å²) >= 11 is 0. The Morgan fingerprint density at radius 2 is 1.71 bits per heavy atom. The summed E-state index contributed by atoms with van der Waals surface area (Å²) in [4.78, 5) is 30.5. The summed E-state index contributed by atoms with van der Waals surface area (Å²) in [6.45, 7) is 7.29. The van der Waals surface area contributed by atoms with Crippen molar-refractivity contribution in [3.8, 4) is 0 Å². The van der Waals surface area contributed by atoms with Gasteiger partial charge in [0.25, 0.3) is 0 Å². The van der Waals surface area contributed by atoms with Crippen molar-refractivity contribution >= 4 is 11.8 Å². The van der Waals surface area contributed by atoms with Crippen LogP contribution >= 0.6 is 0 Å². The zero-order chi connectivity index (χ0) is 21.8. The van der Waals surface area contributed by atoms with Crippen LogP contribution in [0.2, 0.25) is 0 Å². The van der Waals surface area contributed by atoms with E-state index in [4.69, 9.17) is 0 Å². The van der Waals surface area contributed by atoms with Crippen molar-refractivity contribution < 1.29 is 9.59 Å². The summed E-state index contributed by atoms with van der Waals surface area (Å²) in [7, 11) is 0. The lowest BCUT2D eigenvalue weighted by atomic mass is 9.87. The molecule has 5 heteroatoms. The summed E-state index contributed by atoms with van der Waals surface area (Å²) in [5, 5.41) is 3.45. The molecule has 0 aromatic heterocycles. The fourth-order valence-electron chi connectivity index (χ4n) is 5.84. The van der Waals surface area contributed by atoms with E-state index in [1.807, 2.05) is 4.90 Å². The number of hydrogen-bond donors (Lipinski definition) is 1. The number of carbonyl (C=O) groups excluding carboxylic acids is 2. The molecule has 0 spiro atoms. The van der Waals surface area contributed by atoms with Gasteiger partial charge in [0.2, 0.25) is 11.8 Å². The molecular weight excluding hydrogens is 386 g/mol. The van der Waals surface area contributed by atoms with Gasteiger partial charge in [-0.15, -0.1) is 0 Å². The number of aryl methyl sites for hydroxylation is 1. The summed E-state index contributed by atoms with van der Waals surface area (Å²) < 4.78 is 0. The monoisotopic (exact) mass is 425 g/mol. The van der Waals surface area contributed by atoms with Gasteiger partial charge in [0.05, 0.1) is 12.1 Å². The second-order valence-corrected chi connectivity index (χ2v) is 10.2. The van der Waals surface area contributed by atoms with Gasteiger partial charge in [-0.2, -0.15) is 0 Å². The van der Waals surface area contributed by atoms with E-state index in [0.29, 0.717) is 18.3 Å². The highest BCUT2D eigenvalue weighted by molar-refractivity contribution is 5.83. The van der Waals surface area contributed by atoms with Gasteiger partial charge in [-0.3, -0.25) is 14.5 Å². The van der Waals surface area contributed by atoms with E-state index < -0.39 is 0 Å². The van der Waals surface area contributed by atoms with E-state index in [-0.39, 0.29) is 23.9 Å². The molecule has 1 aromatic carbocycles. The van der Waals surface area contributed by atoms with Crippen molar-refractivity contribution in [3.05, 3.63) is 35.4 Å². The summed E-state index contributed by atoms with van der Waals surface area (Å²) in [5.74, 6) is 1.29. The number of nitrogens with zero attached hydrogens (tertiary/aromatic N) is 2.